The number of halogens is 1. The molecule has 5 heteroatoms. The highest BCUT2D eigenvalue weighted by Crippen LogP contribution is 2.14. The summed E-state index contributed by atoms with van der Waals surface area (Å²) in [6, 6.07) is 8.00. The van der Waals surface area contributed by atoms with E-state index in [0.717, 1.165) is 22.2 Å². The molecule has 1 aromatic carbocycles. The fourth-order valence-electron chi connectivity index (χ4n) is 1.23. The number of benzene rings is 1. The van der Waals surface area contributed by atoms with Crippen LogP contribution in [-0.2, 0) is 0 Å². The summed E-state index contributed by atoms with van der Waals surface area (Å²) in [7, 11) is 1.75. The summed E-state index contributed by atoms with van der Waals surface area (Å²) in [6.07, 6.45) is 0.823. The van der Waals surface area contributed by atoms with E-state index < -0.39 is 0 Å². The van der Waals surface area contributed by atoms with Crippen LogP contribution < -0.4 is 5.73 Å². The minimum atomic E-state index is 0.265. The Labute approximate surface area is 109 Å². The maximum Gasteiger partial charge on any atom is 0.186 e. The molecule has 0 unspecified atom stereocenters. The molecule has 2 N–H and O–H groups in total. The van der Waals surface area contributed by atoms with Crippen molar-refractivity contribution >= 4 is 39.0 Å². The first-order valence-electron chi connectivity index (χ1n) is 4.91. The van der Waals surface area contributed by atoms with Crippen molar-refractivity contribution in [2.24, 2.45) is 10.8 Å². The Morgan fingerprint density at radius 3 is 2.75 bits per heavy atom. The predicted octanol–water partition coefficient (Wildman–Crippen LogP) is 2.74. The van der Waals surface area contributed by atoms with Gasteiger partial charge in [-0.2, -0.15) is 5.10 Å². The molecular formula is C11H14BrN3S. The van der Waals surface area contributed by atoms with Crippen molar-refractivity contribution in [3.05, 3.63) is 34.3 Å². The average molecular weight is 300 g/mol. The maximum absolute atomic E-state index is 5.49. The molecule has 0 amide bonds. The zero-order valence-electron chi connectivity index (χ0n) is 9.27. The summed E-state index contributed by atoms with van der Waals surface area (Å²) >= 11 is 8.28. The highest BCUT2D eigenvalue weighted by Gasteiger charge is 2.04. The Morgan fingerprint density at radius 1 is 1.56 bits per heavy atom. The Balaban J connectivity index is 3.03. The van der Waals surface area contributed by atoms with E-state index in [0.29, 0.717) is 0 Å². The van der Waals surface area contributed by atoms with Crippen LogP contribution >= 0.6 is 28.1 Å². The van der Waals surface area contributed by atoms with Crippen LogP contribution in [-0.4, -0.2) is 22.9 Å². The van der Waals surface area contributed by atoms with E-state index in [1.54, 1.807) is 7.05 Å². The number of nitrogens with two attached hydrogens (primary N) is 1. The second-order valence-corrected chi connectivity index (χ2v) is 4.61. The molecule has 0 saturated heterocycles. The van der Waals surface area contributed by atoms with Crippen LogP contribution in [0.15, 0.2) is 33.8 Å². The fraction of sp³-hybridized carbons (Fsp3) is 0.273. The molecule has 0 fully saturated rings. The van der Waals surface area contributed by atoms with Crippen LogP contribution in [0.4, 0.5) is 0 Å². The zero-order chi connectivity index (χ0) is 12.1. The van der Waals surface area contributed by atoms with Gasteiger partial charge in [-0.3, -0.25) is 0 Å². The number of thiocarbonyl (C=S) groups is 1. The van der Waals surface area contributed by atoms with Crippen molar-refractivity contribution in [2.75, 3.05) is 7.05 Å². The third-order valence-electron chi connectivity index (χ3n) is 2.08. The van der Waals surface area contributed by atoms with Crippen molar-refractivity contribution in [3.63, 3.8) is 0 Å². The molecule has 3 nitrogen and oxygen atoms in total. The molecular weight excluding hydrogens is 286 g/mol. The van der Waals surface area contributed by atoms with Gasteiger partial charge in [-0.25, -0.2) is 5.01 Å². The van der Waals surface area contributed by atoms with Crippen LogP contribution in [0.2, 0.25) is 0 Å². The fourth-order valence-corrected chi connectivity index (χ4v) is 1.67. The second-order valence-electron chi connectivity index (χ2n) is 3.27. The van der Waals surface area contributed by atoms with E-state index in [2.05, 4.69) is 21.0 Å². The van der Waals surface area contributed by atoms with Crippen LogP contribution in [0.25, 0.3) is 0 Å². The molecule has 0 aliphatic carbocycles. The normalized spacial score (nSPS) is 11.3. The Bertz CT molecular complexity index is 417. The SMILES string of the molecule is CCC(=NN(C)C(N)=S)c1cccc(Br)c1. The molecule has 0 aliphatic heterocycles. The molecule has 1 rings (SSSR count). The highest BCUT2D eigenvalue weighted by atomic mass is 79.9. The van der Waals surface area contributed by atoms with Crippen LogP contribution in [0.1, 0.15) is 18.9 Å². The lowest BCUT2D eigenvalue weighted by atomic mass is 10.1. The van der Waals surface area contributed by atoms with Crippen molar-refractivity contribution in [3.8, 4) is 0 Å². The Hall–Kier alpha value is -0.940. The lowest BCUT2D eigenvalue weighted by Crippen LogP contribution is -2.28. The second kappa shape index (κ2) is 5.96. The molecule has 0 atom stereocenters. The van der Waals surface area contributed by atoms with E-state index in [4.69, 9.17) is 18.0 Å². The van der Waals surface area contributed by atoms with Crippen LogP contribution in [0.5, 0.6) is 0 Å². The maximum atomic E-state index is 5.49. The Kier molecular flexibility index (Phi) is 4.89. The summed E-state index contributed by atoms with van der Waals surface area (Å²) in [5, 5.41) is 6.14. The number of hydrazone groups is 1. The molecule has 16 heavy (non-hydrogen) atoms. The van der Waals surface area contributed by atoms with Crippen molar-refractivity contribution < 1.29 is 0 Å². The van der Waals surface area contributed by atoms with E-state index in [-0.39, 0.29) is 5.11 Å². The first-order chi connectivity index (χ1) is 7.54. The third kappa shape index (κ3) is 3.57. The van der Waals surface area contributed by atoms with Crippen molar-refractivity contribution in [1.82, 2.24) is 5.01 Å². The summed E-state index contributed by atoms with van der Waals surface area (Å²) in [5.41, 5.74) is 7.51. The predicted molar refractivity (Wildman–Crippen MR) is 75.5 cm³/mol. The standard InChI is InChI=1S/C11H14BrN3S/c1-3-10(14-15(2)11(13)16)8-5-4-6-9(12)7-8/h4-7H,3H2,1-2H3,(H2,13,16). The Morgan fingerprint density at radius 2 is 2.25 bits per heavy atom. The van der Waals surface area contributed by atoms with Gasteiger partial charge in [0.1, 0.15) is 0 Å². The quantitative estimate of drug-likeness (QED) is 0.530. The van der Waals surface area contributed by atoms with E-state index in [9.17, 15) is 0 Å². The third-order valence-corrected chi connectivity index (χ3v) is 2.84. The van der Waals surface area contributed by atoms with Gasteiger partial charge in [-0.1, -0.05) is 35.0 Å². The smallest absolute Gasteiger partial charge is 0.186 e. The van der Waals surface area contributed by atoms with E-state index in [1.165, 1.54) is 5.01 Å². The topological polar surface area (TPSA) is 41.6 Å². The monoisotopic (exact) mass is 299 g/mol. The van der Waals surface area contributed by atoms with E-state index in [1.807, 2.05) is 31.2 Å². The van der Waals surface area contributed by atoms with Crippen LogP contribution in [0, 0.1) is 0 Å². The van der Waals surface area contributed by atoms with Gasteiger partial charge in [0, 0.05) is 11.5 Å². The summed E-state index contributed by atoms with van der Waals surface area (Å²) in [4.78, 5) is 0. The summed E-state index contributed by atoms with van der Waals surface area (Å²) < 4.78 is 1.03. The molecule has 0 bridgehead atoms. The van der Waals surface area contributed by atoms with Gasteiger partial charge < -0.3 is 5.73 Å². The van der Waals surface area contributed by atoms with Gasteiger partial charge >= 0.3 is 0 Å². The first kappa shape index (κ1) is 13.1. The molecule has 0 aliphatic rings. The molecule has 0 aromatic heterocycles. The first-order valence-corrected chi connectivity index (χ1v) is 6.11. The van der Waals surface area contributed by atoms with E-state index >= 15 is 0 Å². The molecule has 0 spiro atoms. The van der Waals surface area contributed by atoms with Gasteiger partial charge in [-0.15, -0.1) is 0 Å². The largest absolute Gasteiger partial charge is 0.375 e. The van der Waals surface area contributed by atoms with Gasteiger partial charge in [0.15, 0.2) is 5.11 Å². The van der Waals surface area contributed by atoms with Crippen LogP contribution in [0.3, 0.4) is 0 Å². The number of hydrogen-bond acceptors (Lipinski definition) is 2. The number of hydrogen-bond donors (Lipinski definition) is 1. The lowest BCUT2D eigenvalue weighted by Gasteiger charge is -2.13. The molecule has 0 radical (unpaired) electrons. The summed E-state index contributed by atoms with van der Waals surface area (Å²) in [5.74, 6) is 0. The minimum Gasteiger partial charge on any atom is -0.375 e. The number of rotatable bonds is 3. The lowest BCUT2D eigenvalue weighted by molar-refractivity contribution is 0.547. The minimum absolute atomic E-state index is 0.265. The van der Waals surface area contributed by atoms with Crippen molar-refractivity contribution in [2.45, 2.75) is 13.3 Å². The average Bonchev–Trinajstić information content (AvgIpc) is 2.25. The van der Waals surface area contributed by atoms with Gasteiger partial charge in [-0.05, 0) is 36.3 Å². The van der Waals surface area contributed by atoms with Gasteiger partial charge in [0.2, 0.25) is 0 Å². The molecule has 86 valence electrons. The number of nitrogens with zero attached hydrogens (tertiary/aromatic N) is 2. The zero-order valence-corrected chi connectivity index (χ0v) is 11.7. The highest BCUT2D eigenvalue weighted by molar-refractivity contribution is 9.10. The molecule has 0 saturated carbocycles. The van der Waals surface area contributed by atoms with Crippen molar-refractivity contribution in [1.29, 1.82) is 0 Å². The van der Waals surface area contributed by atoms with Gasteiger partial charge in [0.05, 0.1) is 5.71 Å². The van der Waals surface area contributed by atoms with Gasteiger partial charge in [0.25, 0.3) is 0 Å². The molecule has 1 aromatic rings. The summed E-state index contributed by atoms with van der Waals surface area (Å²) in [6.45, 7) is 2.05. The molecule has 0 heterocycles.